The van der Waals surface area contributed by atoms with Gasteiger partial charge in [-0.2, -0.15) is 4.99 Å². The standard InChI is InChI=1S/C13H17FN6O/c14-10-7-8(18-13(17)19-12(15)16)3-4-9(10)11(21)20-5-1-2-6-20/h3-4,7H,1-2,5-6H2,(H6,15,16,17,18,19). The SMILES string of the molecule is NC(N)=NC(N)=Nc1ccc(C(=O)N2CCCC2)c(F)c1. The summed E-state index contributed by atoms with van der Waals surface area (Å²) in [6.45, 7) is 1.32. The fourth-order valence-electron chi connectivity index (χ4n) is 2.13. The molecule has 2 rings (SSSR count). The van der Waals surface area contributed by atoms with E-state index >= 15 is 0 Å². The fraction of sp³-hybridized carbons (Fsp3) is 0.308. The van der Waals surface area contributed by atoms with E-state index in [4.69, 9.17) is 17.2 Å². The Morgan fingerprint density at radius 2 is 1.86 bits per heavy atom. The molecule has 6 N–H and O–H groups in total. The number of carbonyl (C=O) groups excluding carboxylic acids is 1. The molecule has 1 heterocycles. The Bertz CT molecular complexity index is 603. The maximum Gasteiger partial charge on any atom is 0.256 e. The Labute approximate surface area is 121 Å². The van der Waals surface area contributed by atoms with Crippen LogP contribution in [0, 0.1) is 5.82 Å². The van der Waals surface area contributed by atoms with Crippen molar-refractivity contribution in [3.8, 4) is 0 Å². The van der Waals surface area contributed by atoms with Crippen molar-refractivity contribution >= 4 is 23.5 Å². The topological polar surface area (TPSA) is 123 Å². The first-order chi connectivity index (χ1) is 9.97. The van der Waals surface area contributed by atoms with Gasteiger partial charge in [0.25, 0.3) is 5.91 Å². The third kappa shape index (κ3) is 3.68. The van der Waals surface area contributed by atoms with Crippen LogP contribution in [0.1, 0.15) is 23.2 Å². The van der Waals surface area contributed by atoms with E-state index in [-0.39, 0.29) is 29.1 Å². The minimum absolute atomic E-state index is 0.0243. The molecular weight excluding hydrogens is 275 g/mol. The third-order valence-corrected chi connectivity index (χ3v) is 3.06. The minimum atomic E-state index is -0.648. The van der Waals surface area contributed by atoms with Crippen molar-refractivity contribution in [3.63, 3.8) is 0 Å². The Kier molecular flexibility index (Phi) is 4.36. The lowest BCUT2D eigenvalue weighted by molar-refractivity contribution is 0.0788. The summed E-state index contributed by atoms with van der Waals surface area (Å²) in [5.41, 5.74) is 16.0. The Hall–Kier alpha value is -2.64. The molecule has 112 valence electrons. The first-order valence-electron chi connectivity index (χ1n) is 6.50. The smallest absolute Gasteiger partial charge is 0.256 e. The first-order valence-corrected chi connectivity index (χ1v) is 6.50. The van der Waals surface area contributed by atoms with E-state index in [1.807, 2.05) is 0 Å². The number of halogens is 1. The molecule has 0 radical (unpaired) electrons. The Balaban J connectivity index is 2.21. The number of amides is 1. The number of likely N-dealkylation sites (tertiary alicyclic amines) is 1. The number of hydrogen-bond donors (Lipinski definition) is 3. The average molecular weight is 292 g/mol. The Morgan fingerprint density at radius 1 is 1.19 bits per heavy atom. The van der Waals surface area contributed by atoms with Gasteiger partial charge < -0.3 is 22.1 Å². The van der Waals surface area contributed by atoms with Crippen LogP contribution in [-0.4, -0.2) is 35.8 Å². The zero-order valence-electron chi connectivity index (χ0n) is 11.4. The number of nitrogens with two attached hydrogens (primary N) is 3. The maximum absolute atomic E-state index is 14.0. The van der Waals surface area contributed by atoms with Gasteiger partial charge in [-0.05, 0) is 25.0 Å². The maximum atomic E-state index is 14.0. The second-order valence-electron chi connectivity index (χ2n) is 4.67. The van der Waals surface area contributed by atoms with Crippen LogP contribution in [0.5, 0.6) is 0 Å². The van der Waals surface area contributed by atoms with Gasteiger partial charge in [-0.3, -0.25) is 4.79 Å². The molecule has 1 fully saturated rings. The van der Waals surface area contributed by atoms with Crippen LogP contribution < -0.4 is 17.2 Å². The van der Waals surface area contributed by atoms with Crippen molar-refractivity contribution in [3.05, 3.63) is 29.6 Å². The second kappa shape index (κ2) is 6.21. The van der Waals surface area contributed by atoms with Crippen molar-refractivity contribution in [1.82, 2.24) is 4.90 Å². The van der Waals surface area contributed by atoms with Gasteiger partial charge >= 0.3 is 0 Å². The minimum Gasteiger partial charge on any atom is -0.370 e. The van der Waals surface area contributed by atoms with Crippen LogP contribution >= 0.6 is 0 Å². The predicted molar refractivity (Wildman–Crippen MR) is 78.6 cm³/mol. The van der Waals surface area contributed by atoms with E-state index in [9.17, 15) is 9.18 Å². The molecule has 1 aliphatic heterocycles. The summed E-state index contributed by atoms with van der Waals surface area (Å²) in [4.78, 5) is 21.1. The molecule has 21 heavy (non-hydrogen) atoms. The summed E-state index contributed by atoms with van der Waals surface area (Å²) in [6.07, 6.45) is 1.90. The van der Waals surface area contributed by atoms with Gasteiger partial charge in [-0.1, -0.05) is 0 Å². The third-order valence-electron chi connectivity index (χ3n) is 3.06. The summed E-state index contributed by atoms with van der Waals surface area (Å²) in [5, 5.41) is 0. The fourth-order valence-corrected chi connectivity index (χ4v) is 2.13. The van der Waals surface area contributed by atoms with Gasteiger partial charge in [0.2, 0.25) is 5.96 Å². The van der Waals surface area contributed by atoms with Gasteiger partial charge in [0.05, 0.1) is 11.3 Å². The average Bonchev–Trinajstić information content (AvgIpc) is 2.90. The van der Waals surface area contributed by atoms with E-state index in [0.717, 1.165) is 18.9 Å². The predicted octanol–water partition coefficient (Wildman–Crippen LogP) is 0.281. The molecule has 1 amide bonds. The zero-order valence-corrected chi connectivity index (χ0v) is 11.4. The molecule has 0 saturated carbocycles. The van der Waals surface area contributed by atoms with Crippen molar-refractivity contribution in [2.75, 3.05) is 13.1 Å². The van der Waals surface area contributed by atoms with Gasteiger partial charge in [-0.15, -0.1) is 0 Å². The van der Waals surface area contributed by atoms with E-state index in [1.165, 1.54) is 12.1 Å². The second-order valence-corrected chi connectivity index (χ2v) is 4.67. The van der Waals surface area contributed by atoms with Crippen LogP contribution in [0.4, 0.5) is 10.1 Å². The van der Waals surface area contributed by atoms with Crippen LogP contribution in [0.15, 0.2) is 28.2 Å². The molecule has 1 aromatic carbocycles. The number of nitrogens with zero attached hydrogens (tertiary/aromatic N) is 3. The quantitative estimate of drug-likeness (QED) is 0.535. The molecule has 0 aromatic heterocycles. The molecule has 0 spiro atoms. The summed E-state index contributed by atoms with van der Waals surface area (Å²) in [5.74, 6) is -1.38. The molecule has 1 aromatic rings. The van der Waals surface area contributed by atoms with Crippen molar-refractivity contribution in [2.45, 2.75) is 12.8 Å². The van der Waals surface area contributed by atoms with Gasteiger partial charge in [0.1, 0.15) is 5.82 Å². The van der Waals surface area contributed by atoms with E-state index in [1.54, 1.807) is 4.90 Å². The van der Waals surface area contributed by atoms with Crippen molar-refractivity contribution < 1.29 is 9.18 Å². The van der Waals surface area contributed by atoms with Crippen LogP contribution in [0.25, 0.3) is 0 Å². The van der Waals surface area contributed by atoms with E-state index < -0.39 is 5.82 Å². The summed E-state index contributed by atoms with van der Waals surface area (Å²) in [7, 11) is 0. The molecule has 0 aliphatic carbocycles. The molecule has 0 bridgehead atoms. The number of guanidine groups is 2. The lowest BCUT2D eigenvalue weighted by Gasteiger charge is -2.15. The summed E-state index contributed by atoms with van der Waals surface area (Å²) in [6, 6.07) is 4.00. The lowest BCUT2D eigenvalue weighted by atomic mass is 10.1. The summed E-state index contributed by atoms with van der Waals surface area (Å²) < 4.78 is 14.0. The van der Waals surface area contributed by atoms with Crippen molar-refractivity contribution in [2.24, 2.45) is 27.2 Å². The highest BCUT2D eigenvalue weighted by Gasteiger charge is 2.22. The highest BCUT2D eigenvalue weighted by atomic mass is 19.1. The molecule has 1 aliphatic rings. The van der Waals surface area contributed by atoms with E-state index in [2.05, 4.69) is 9.98 Å². The molecule has 0 atom stereocenters. The van der Waals surface area contributed by atoms with Gasteiger partial charge in [0.15, 0.2) is 5.96 Å². The van der Waals surface area contributed by atoms with Gasteiger partial charge in [-0.25, -0.2) is 9.38 Å². The number of aliphatic imine (C=N–C) groups is 2. The molecule has 8 heteroatoms. The van der Waals surface area contributed by atoms with Crippen LogP contribution in [0.3, 0.4) is 0 Å². The number of hydrogen-bond acceptors (Lipinski definition) is 2. The monoisotopic (exact) mass is 292 g/mol. The zero-order chi connectivity index (χ0) is 15.4. The lowest BCUT2D eigenvalue weighted by Crippen LogP contribution is -2.28. The molecule has 7 nitrogen and oxygen atoms in total. The first kappa shape index (κ1) is 14.8. The number of carbonyl (C=O) groups is 1. The molecule has 1 saturated heterocycles. The normalized spacial score (nSPS) is 15.1. The highest BCUT2D eigenvalue weighted by molar-refractivity contribution is 5.96. The number of benzene rings is 1. The highest BCUT2D eigenvalue weighted by Crippen LogP contribution is 2.20. The van der Waals surface area contributed by atoms with Crippen LogP contribution in [0.2, 0.25) is 0 Å². The number of rotatable bonds is 2. The van der Waals surface area contributed by atoms with Gasteiger partial charge in [0, 0.05) is 19.2 Å². The largest absolute Gasteiger partial charge is 0.370 e. The Morgan fingerprint density at radius 3 is 2.43 bits per heavy atom. The van der Waals surface area contributed by atoms with E-state index in [0.29, 0.717) is 13.1 Å². The van der Waals surface area contributed by atoms with Crippen LogP contribution in [-0.2, 0) is 0 Å². The van der Waals surface area contributed by atoms with Crippen molar-refractivity contribution in [1.29, 1.82) is 0 Å². The molecule has 0 unspecified atom stereocenters. The summed E-state index contributed by atoms with van der Waals surface area (Å²) >= 11 is 0. The molecular formula is C13H17FN6O.